The minimum atomic E-state index is -0.498. The lowest BCUT2D eigenvalue weighted by Crippen LogP contribution is -2.02. The van der Waals surface area contributed by atoms with Crippen LogP contribution in [0.2, 0.25) is 0 Å². The van der Waals surface area contributed by atoms with Gasteiger partial charge in [0.1, 0.15) is 5.69 Å². The average molecular weight is 283 g/mol. The number of carbonyl (C=O) groups is 2. The number of nitrogens with zero attached hydrogens (tertiary/aromatic N) is 1. The Bertz CT molecular complexity index is 577. The molecule has 1 heterocycles. The summed E-state index contributed by atoms with van der Waals surface area (Å²) in [6.07, 6.45) is 0.595. The van der Waals surface area contributed by atoms with Crippen LogP contribution in [0, 0.1) is 0 Å². The third kappa shape index (κ3) is 1.51. The highest BCUT2D eigenvalue weighted by Gasteiger charge is 2.17. The van der Waals surface area contributed by atoms with Gasteiger partial charge in [-0.1, -0.05) is 0 Å². The number of hydrogen-bond acceptors (Lipinski definition) is 4. The van der Waals surface area contributed by atoms with E-state index in [9.17, 15) is 9.59 Å². The van der Waals surface area contributed by atoms with Gasteiger partial charge in [-0.05, 0) is 28.1 Å². The molecule has 0 bridgehead atoms. The maximum atomic E-state index is 11.5. The van der Waals surface area contributed by atoms with Crippen LogP contribution in [-0.4, -0.2) is 29.6 Å². The number of ether oxygens (including phenoxy) is 1. The maximum absolute atomic E-state index is 11.5. The van der Waals surface area contributed by atoms with E-state index in [1.807, 2.05) is 0 Å². The van der Waals surface area contributed by atoms with Crippen molar-refractivity contribution in [1.82, 2.24) is 10.2 Å². The molecule has 2 aromatic rings. The largest absolute Gasteiger partial charge is 0.465 e. The van der Waals surface area contributed by atoms with Gasteiger partial charge in [-0.15, -0.1) is 0 Å². The van der Waals surface area contributed by atoms with E-state index in [-0.39, 0.29) is 5.69 Å². The smallest absolute Gasteiger partial charge is 0.338 e. The van der Waals surface area contributed by atoms with Gasteiger partial charge in [0.2, 0.25) is 0 Å². The molecular weight excluding hydrogens is 276 g/mol. The fraction of sp³-hybridized carbons (Fsp3) is 0.100. The highest BCUT2D eigenvalue weighted by molar-refractivity contribution is 9.10. The average Bonchev–Trinajstić information content (AvgIpc) is 2.73. The van der Waals surface area contributed by atoms with Gasteiger partial charge in [-0.25, -0.2) is 4.79 Å². The number of esters is 1. The first-order chi connectivity index (χ1) is 7.69. The normalized spacial score (nSPS) is 10.4. The van der Waals surface area contributed by atoms with Crippen molar-refractivity contribution in [3.05, 3.63) is 27.9 Å². The van der Waals surface area contributed by atoms with E-state index in [0.717, 1.165) is 4.47 Å². The molecule has 0 saturated heterocycles. The fourth-order valence-corrected chi connectivity index (χ4v) is 1.91. The Labute approximate surface area is 98.9 Å². The zero-order valence-electron chi connectivity index (χ0n) is 8.28. The maximum Gasteiger partial charge on any atom is 0.338 e. The first-order valence-electron chi connectivity index (χ1n) is 4.39. The zero-order chi connectivity index (χ0) is 11.7. The van der Waals surface area contributed by atoms with E-state index in [1.165, 1.54) is 7.11 Å². The summed E-state index contributed by atoms with van der Waals surface area (Å²) < 4.78 is 5.37. The molecule has 2 rings (SSSR count). The molecule has 0 saturated carbocycles. The minimum absolute atomic E-state index is 0.191. The second kappa shape index (κ2) is 4.05. The van der Waals surface area contributed by atoms with E-state index in [0.29, 0.717) is 22.8 Å². The van der Waals surface area contributed by atoms with Gasteiger partial charge in [0, 0.05) is 9.86 Å². The van der Waals surface area contributed by atoms with Crippen molar-refractivity contribution < 1.29 is 14.3 Å². The van der Waals surface area contributed by atoms with Crippen molar-refractivity contribution >= 4 is 39.1 Å². The highest BCUT2D eigenvalue weighted by Crippen LogP contribution is 2.27. The highest BCUT2D eigenvalue weighted by atomic mass is 79.9. The summed E-state index contributed by atoms with van der Waals surface area (Å²) in [4.78, 5) is 22.3. The number of fused-ring (bicyclic) bond motifs is 1. The van der Waals surface area contributed by atoms with Crippen LogP contribution in [0.15, 0.2) is 16.6 Å². The van der Waals surface area contributed by atoms with Crippen LogP contribution in [0.3, 0.4) is 0 Å². The second-order valence-electron chi connectivity index (χ2n) is 3.06. The number of halogens is 1. The van der Waals surface area contributed by atoms with Crippen LogP contribution in [0.25, 0.3) is 10.9 Å². The van der Waals surface area contributed by atoms with Crippen molar-refractivity contribution in [1.29, 1.82) is 0 Å². The summed E-state index contributed by atoms with van der Waals surface area (Å²) in [5.74, 6) is -0.498. The van der Waals surface area contributed by atoms with Crippen LogP contribution in [0.4, 0.5) is 0 Å². The van der Waals surface area contributed by atoms with E-state index in [2.05, 4.69) is 30.9 Å². The Balaban J connectivity index is 2.84. The van der Waals surface area contributed by atoms with Gasteiger partial charge < -0.3 is 4.74 Å². The molecule has 0 amide bonds. The standard InChI is InChI=1S/C10H7BrN2O3/c1-16-10(15)5-2-3-6(11)9-8(5)7(4-14)12-13-9/h2-4H,1H3,(H,12,13). The molecule has 0 spiro atoms. The van der Waals surface area contributed by atoms with Gasteiger partial charge in [-0.3, -0.25) is 9.89 Å². The second-order valence-corrected chi connectivity index (χ2v) is 3.92. The number of benzene rings is 1. The summed E-state index contributed by atoms with van der Waals surface area (Å²) in [6, 6.07) is 3.28. The summed E-state index contributed by atoms with van der Waals surface area (Å²) in [5.41, 5.74) is 1.11. The Morgan fingerprint density at radius 1 is 1.56 bits per heavy atom. The van der Waals surface area contributed by atoms with Crippen molar-refractivity contribution in [2.24, 2.45) is 0 Å². The van der Waals surface area contributed by atoms with Gasteiger partial charge in [0.15, 0.2) is 6.29 Å². The van der Waals surface area contributed by atoms with Crippen LogP contribution in [-0.2, 0) is 4.74 Å². The van der Waals surface area contributed by atoms with Gasteiger partial charge in [-0.2, -0.15) is 5.10 Å². The number of aldehydes is 1. The van der Waals surface area contributed by atoms with E-state index in [4.69, 9.17) is 0 Å². The molecule has 0 unspecified atom stereocenters. The van der Waals surface area contributed by atoms with E-state index in [1.54, 1.807) is 12.1 Å². The van der Waals surface area contributed by atoms with Crippen LogP contribution >= 0.6 is 15.9 Å². The van der Waals surface area contributed by atoms with E-state index >= 15 is 0 Å². The predicted octanol–water partition coefficient (Wildman–Crippen LogP) is 1.92. The molecule has 82 valence electrons. The van der Waals surface area contributed by atoms with Gasteiger partial charge >= 0.3 is 5.97 Å². The number of carbonyl (C=O) groups excluding carboxylic acids is 2. The van der Waals surface area contributed by atoms with E-state index < -0.39 is 5.97 Å². The SMILES string of the molecule is COC(=O)c1ccc(Br)c2[nH]nc(C=O)c12. The first-order valence-corrected chi connectivity index (χ1v) is 5.18. The quantitative estimate of drug-likeness (QED) is 0.675. The summed E-state index contributed by atoms with van der Waals surface area (Å²) >= 11 is 3.31. The van der Waals surface area contributed by atoms with Crippen LogP contribution in [0.1, 0.15) is 20.8 Å². The number of hydrogen-bond donors (Lipinski definition) is 1. The third-order valence-corrected chi connectivity index (χ3v) is 2.88. The number of aromatic amines is 1. The lowest BCUT2D eigenvalue weighted by Gasteiger charge is -2.02. The molecule has 0 fully saturated rings. The first kappa shape index (κ1) is 10.8. The Morgan fingerprint density at radius 3 is 2.94 bits per heavy atom. The number of methoxy groups -OCH3 is 1. The Hall–Kier alpha value is -1.69. The lowest BCUT2D eigenvalue weighted by atomic mass is 10.1. The molecule has 0 aliphatic rings. The van der Waals surface area contributed by atoms with Crippen LogP contribution in [0.5, 0.6) is 0 Å². The zero-order valence-corrected chi connectivity index (χ0v) is 9.87. The molecule has 0 aliphatic heterocycles. The fourth-order valence-electron chi connectivity index (χ4n) is 1.49. The van der Waals surface area contributed by atoms with Crippen molar-refractivity contribution in [3.8, 4) is 0 Å². The summed E-state index contributed by atoms with van der Waals surface area (Å²) in [7, 11) is 1.29. The molecule has 16 heavy (non-hydrogen) atoms. The van der Waals surface area contributed by atoms with Gasteiger partial charge in [0.25, 0.3) is 0 Å². The minimum Gasteiger partial charge on any atom is -0.465 e. The molecule has 1 N–H and O–H groups in total. The lowest BCUT2D eigenvalue weighted by molar-refractivity contribution is 0.0603. The van der Waals surface area contributed by atoms with Crippen molar-refractivity contribution in [2.45, 2.75) is 0 Å². The third-order valence-electron chi connectivity index (χ3n) is 2.22. The number of nitrogens with one attached hydrogen (secondary N) is 1. The molecule has 0 aliphatic carbocycles. The molecule has 0 atom stereocenters. The monoisotopic (exact) mass is 282 g/mol. The molecule has 6 heteroatoms. The molecule has 1 aromatic carbocycles. The van der Waals surface area contributed by atoms with Crippen LogP contribution < -0.4 is 0 Å². The number of H-pyrrole nitrogens is 1. The molecule has 5 nitrogen and oxygen atoms in total. The number of rotatable bonds is 2. The summed E-state index contributed by atoms with van der Waals surface area (Å²) in [5, 5.41) is 6.98. The predicted molar refractivity (Wildman–Crippen MR) is 60.5 cm³/mol. The van der Waals surface area contributed by atoms with Crippen molar-refractivity contribution in [3.63, 3.8) is 0 Å². The van der Waals surface area contributed by atoms with Gasteiger partial charge in [0.05, 0.1) is 18.2 Å². The number of aromatic nitrogens is 2. The summed E-state index contributed by atoms with van der Waals surface area (Å²) in [6.45, 7) is 0. The molecular formula is C10H7BrN2O3. The molecule has 0 radical (unpaired) electrons. The molecule has 1 aromatic heterocycles. The van der Waals surface area contributed by atoms with Crippen molar-refractivity contribution in [2.75, 3.05) is 7.11 Å². The Morgan fingerprint density at radius 2 is 2.31 bits per heavy atom. The Kier molecular flexibility index (Phi) is 2.74. The topological polar surface area (TPSA) is 72.1 Å².